The number of rotatable bonds is 3. The molecule has 18 heavy (non-hydrogen) atoms. The summed E-state index contributed by atoms with van der Waals surface area (Å²) >= 11 is 2.88. The lowest BCUT2D eigenvalue weighted by Gasteiger charge is -2.18. The number of nitrogens with one attached hydrogen (secondary N) is 1. The number of nitrogens with zero attached hydrogens (tertiary/aromatic N) is 1. The van der Waals surface area contributed by atoms with E-state index in [1.54, 1.807) is 6.07 Å². The van der Waals surface area contributed by atoms with Gasteiger partial charge < -0.3 is 5.32 Å². The second kappa shape index (κ2) is 5.57. The first-order valence-electron chi connectivity index (χ1n) is 4.96. The topological polar surface area (TPSA) is 35.8 Å². The maximum absolute atomic E-state index is 13.7. The molecule has 0 aromatic heterocycles. The van der Waals surface area contributed by atoms with E-state index in [-0.39, 0.29) is 15.7 Å². The van der Waals surface area contributed by atoms with E-state index >= 15 is 0 Å². The van der Waals surface area contributed by atoms with Gasteiger partial charge in [-0.2, -0.15) is 18.4 Å². The van der Waals surface area contributed by atoms with Crippen LogP contribution in [0.15, 0.2) is 16.6 Å². The molecule has 0 aliphatic carbocycles. The van der Waals surface area contributed by atoms with Crippen molar-refractivity contribution >= 4 is 21.6 Å². The molecule has 0 saturated heterocycles. The van der Waals surface area contributed by atoms with Gasteiger partial charge in [-0.25, -0.2) is 4.39 Å². The standard InChI is InChI=1S/C11H9BrF4N2/c1-6(4-11(14,15)16)18-8-3-2-7(5-17)9(12)10(8)13/h2-3,6,18H,4H2,1H3. The van der Waals surface area contributed by atoms with Crippen molar-refractivity contribution in [1.29, 1.82) is 5.26 Å². The monoisotopic (exact) mass is 324 g/mol. The van der Waals surface area contributed by atoms with Crippen molar-refractivity contribution in [3.8, 4) is 6.07 Å². The Morgan fingerprint density at radius 1 is 1.44 bits per heavy atom. The Labute approximate surface area is 110 Å². The summed E-state index contributed by atoms with van der Waals surface area (Å²) in [4.78, 5) is 0. The van der Waals surface area contributed by atoms with Gasteiger partial charge in [0.2, 0.25) is 0 Å². The van der Waals surface area contributed by atoms with Gasteiger partial charge in [0.15, 0.2) is 5.82 Å². The summed E-state index contributed by atoms with van der Waals surface area (Å²) in [6.45, 7) is 1.30. The van der Waals surface area contributed by atoms with E-state index in [9.17, 15) is 17.6 Å². The minimum atomic E-state index is -4.31. The predicted octanol–water partition coefficient (Wildman–Crippen LogP) is 4.21. The average molecular weight is 325 g/mol. The Morgan fingerprint density at radius 3 is 2.56 bits per heavy atom. The molecule has 1 atom stereocenters. The van der Waals surface area contributed by atoms with E-state index in [1.165, 1.54) is 19.1 Å². The van der Waals surface area contributed by atoms with Crippen LogP contribution in [0.3, 0.4) is 0 Å². The average Bonchev–Trinajstić information content (AvgIpc) is 2.22. The molecule has 0 fully saturated rings. The van der Waals surface area contributed by atoms with Crippen molar-refractivity contribution in [2.45, 2.75) is 25.6 Å². The minimum absolute atomic E-state index is 0.0609. The zero-order valence-corrected chi connectivity index (χ0v) is 10.9. The van der Waals surface area contributed by atoms with Gasteiger partial charge in [-0.05, 0) is 35.0 Å². The molecule has 0 heterocycles. The third-order valence-electron chi connectivity index (χ3n) is 2.14. The molecule has 0 spiro atoms. The van der Waals surface area contributed by atoms with Crippen LogP contribution in [0, 0.1) is 17.1 Å². The first-order chi connectivity index (χ1) is 8.24. The second-order valence-corrected chi connectivity index (χ2v) is 4.56. The van der Waals surface area contributed by atoms with Crippen molar-refractivity contribution in [2.75, 3.05) is 5.32 Å². The molecular formula is C11H9BrF4N2. The number of alkyl halides is 3. The number of nitriles is 1. The normalized spacial score (nSPS) is 12.9. The van der Waals surface area contributed by atoms with E-state index in [4.69, 9.17) is 5.26 Å². The van der Waals surface area contributed by atoms with Crippen LogP contribution in [0.25, 0.3) is 0 Å². The molecule has 7 heteroatoms. The molecule has 0 aliphatic heterocycles. The van der Waals surface area contributed by atoms with E-state index in [0.29, 0.717) is 0 Å². The Morgan fingerprint density at radius 2 is 2.06 bits per heavy atom. The van der Waals surface area contributed by atoms with Crippen molar-refractivity contribution in [3.63, 3.8) is 0 Å². The van der Waals surface area contributed by atoms with Gasteiger partial charge in [0.25, 0.3) is 0 Å². The predicted molar refractivity (Wildman–Crippen MR) is 62.6 cm³/mol. The fourth-order valence-corrected chi connectivity index (χ4v) is 1.85. The van der Waals surface area contributed by atoms with E-state index < -0.39 is 24.5 Å². The van der Waals surface area contributed by atoms with E-state index in [0.717, 1.165) is 0 Å². The Bertz CT molecular complexity index is 479. The highest BCUT2D eigenvalue weighted by molar-refractivity contribution is 9.10. The first kappa shape index (κ1) is 14.8. The molecule has 0 saturated carbocycles. The zero-order chi connectivity index (χ0) is 13.9. The number of benzene rings is 1. The highest BCUT2D eigenvalue weighted by Crippen LogP contribution is 2.29. The van der Waals surface area contributed by atoms with Crippen molar-refractivity contribution in [2.24, 2.45) is 0 Å². The lowest BCUT2D eigenvalue weighted by atomic mass is 10.1. The van der Waals surface area contributed by atoms with Gasteiger partial charge in [0.05, 0.1) is 22.1 Å². The Balaban J connectivity index is 2.87. The number of hydrogen-bond acceptors (Lipinski definition) is 2. The first-order valence-corrected chi connectivity index (χ1v) is 5.75. The Kier molecular flexibility index (Phi) is 4.57. The van der Waals surface area contributed by atoms with Crippen LogP contribution < -0.4 is 5.32 Å². The number of anilines is 1. The van der Waals surface area contributed by atoms with E-state index in [1.807, 2.05) is 0 Å². The molecule has 98 valence electrons. The lowest BCUT2D eigenvalue weighted by molar-refractivity contribution is -0.136. The van der Waals surface area contributed by atoms with E-state index in [2.05, 4.69) is 21.2 Å². The van der Waals surface area contributed by atoms with Gasteiger partial charge in [-0.3, -0.25) is 0 Å². The Hall–Kier alpha value is -1.29. The third kappa shape index (κ3) is 3.88. The fourth-order valence-electron chi connectivity index (χ4n) is 1.41. The number of hydrogen-bond donors (Lipinski definition) is 1. The smallest absolute Gasteiger partial charge is 0.380 e. The molecule has 1 aromatic carbocycles. The van der Waals surface area contributed by atoms with Gasteiger partial charge in [0.1, 0.15) is 6.07 Å². The summed E-state index contributed by atoms with van der Waals surface area (Å²) in [5.74, 6) is -0.775. The highest BCUT2D eigenvalue weighted by Gasteiger charge is 2.30. The van der Waals surface area contributed by atoms with Gasteiger partial charge in [0, 0.05) is 6.04 Å². The highest BCUT2D eigenvalue weighted by atomic mass is 79.9. The third-order valence-corrected chi connectivity index (χ3v) is 2.92. The van der Waals surface area contributed by atoms with Crippen LogP contribution in [-0.4, -0.2) is 12.2 Å². The molecule has 1 aromatic rings. The largest absolute Gasteiger partial charge is 0.391 e. The van der Waals surface area contributed by atoms with Gasteiger partial charge in [-0.1, -0.05) is 0 Å². The summed E-state index contributed by atoms with van der Waals surface area (Å²) in [6.07, 6.45) is -5.38. The van der Waals surface area contributed by atoms with Crippen LogP contribution >= 0.6 is 15.9 Å². The van der Waals surface area contributed by atoms with Crippen LogP contribution in [-0.2, 0) is 0 Å². The fraction of sp³-hybridized carbons (Fsp3) is 0.364. The summed E-state index contributed by atoms with van der Waals surface area (Å²) < 4.78 is 50.0. The molecule has 1 unspecified atom stereocenters. The molecule has 0 radical (unpaired) electrons. The molecule has 1 rings (SSSR count). The van der Waals surface area contributed by atoms with Gasteiger partial charge in [-0.15, -0.1) is 0 Å². The summed E-state index contributed by atoms with van der Waals surface area (Å²) in [5.41, 5.74) is 0.0131. The molecule has 1 N–H and O–H groups in total. The maximum Gasteiger partial charge on any atom is 0.391 e. The van der Waals surface area contributed by atoms with Gasteiger partial charge >= 0.3 is 6.18 Å². The summed E-state index contributed by atoms with van der Waals surface area (Å²) in [6, 6.07) is 3.37. The summed E-state index contributed by atoms with van der Waals surface area (Å²) in [5, 5.41) is 11.1. The van der Waals surface area contributed by atoms with Crippen LogP contribution in [0.5, 0.6) is 0 Å². The van der Waals surface area contributed by atoms with Crippen molar-refractivity contribution in [1.82, 2.24) is 0 Å². The molecule has 0 aliphatic rings. The maximum atomic E-state index is 13.7. The molecule has 0 bridgehead atoms. The SMILES string of the molecule is CC(CC(F)(F)F)Nc1ccc(C#N)c(Br)c1F. The zero-order valence-electron chi connectivity index (χ0n) is 9.28. The van der Waals surface area contributed by atoms with Crippen molar-refractivity contribution < 1.29 is 17.6 Å². The second-order valence-electron chi connectivity index (χ2n) is 3.77. The number of halogens is 5. The molecular weight excluding hydrogens is 316 g/mol. The van der Waals surface area contributed by atoms with Crippen LogP contribution in [0.4, 0.5) is 23.2 Å². The molecule has 2 nitrogen and oxygen atoms in total. The van der Waals surface area contributed by atoms with Crippen molar-refractivity contribution in [3.05, 3.63) is 28.0 Å². The quantitative estimate of drug-likeness (QED) is 0.845. The van der Waals surface area contributed by atoms with Crippen LogP contribution in [0.1, 0.15) is 18.9 Å². The van der Waals surface area contributed by atoms with Crippen LogP contribution in [0.2, 0.25) is 0 Å². The lowest BCUT2D eigenvalue weighted by Crippen LogP contribution is -2.24. The molecule has 0 amide bonds. The summed E-state index contributed by atoms with van der Waals surface area (Å²) in [7, 11) is 0. The minimum Gasteiger partial charge on any atom is -0.380 e.